The predicted molar refractivity (Wildman–Crippen MR) is 86.2 cm³/mol. The van der Waals surface area contributed by atoms with Crippen molar-refractivity contribution in [3.63, 3.8) is 0 Å². The third-order valence-corrected chi connectivity index (χ3v) is 4.23. The summed E-state index contributed by atoms with van der Waals surface area (Å²) in [6, 6.07) is 14.6. The molecule has 1 amide bonds. The van der Waals surface area contributed by atoms with Crippen molar-refractivity contribution in [1.82, 2.24) is 10.2 Å². The molecular formula is C18H22N2O. The van der Waals surface area contributed by atoms with E-state index in [0.29, 0.717) is 6.54 Å². The summed E-state index contributed by atoms with van der Waals surface area (Å²) in [5.74, 6) is 0.123. The Bertz CT molecular complexity index is 627. The van der Waals surface area contributed by atoms with Gasteiger partial charge in [0.2, 0.25) is 5.91 Å². The zero-order chi connectivity index (χ0) is 14.7. The van der Waals surface area contributed by atoms with Crippen LogP contribution in [0.15, 0.2) is 42.5 Å². The van der Waals surface area contributed by atoms with Gasteiger partial charge in [0.1, 0.15) is 0 Å². The predicted octanol–water partition coefficient (Wildman–Crippen LogP) is 3.11. The Balaban J connectivity index is 1.71. The third-order valence-electron chi connectivity index (χ3n) is 4.23. The van der Waals surface area contributed by atoms with Gasteiger partial charge in [0, 0.05) is 0 Å². The second-order valence-corrected chi connectivity index (χ2v) is 5.84. The highest BCUT2D eigenvalue weighted by atomic mass is 16.2. The quantitative estimate of drug-likeness (QED) is 0.934. The molecule has 3 rings (SSSR count). The Morgan fingerprint density at radius 2 is 1.86 bits per heavy atom. The summed E-state index contributed by atoms with van der Waals surface area (Å²) in [7, 11) is 0. The summed E-state index contributed by atoms with van der Waals surface area (Å²) in [5, 5.41) is 5.57. The van der Waals surface area contributed by atoms with Gasteiger partial charge in [-0.1, -0.05) is 42.5 Å². The minimum Gasteiger partial charge on any atom is -0.348 e. The Labute approximate surface area is 125 Å². The fourth-order valence-corrected chi connectivity index (χ4v) is 3.14. The van der Waals surface area contributed by atoms with Gasteiger partial charge in [-0.3, -0.25) is 9.69 Å². The molecule has 2 aromatic rings. The molecule has 0 aromatic heterocycles. The fraction of sp³-hybridized carbons (Fsp3) is 0.389. The molecule has 0 radical (unpaired) electrons. The summed E-state index contributed by atoms with van der Waals surface area (Å²) in [4.78, 5) is 14.4. The van der Waals surface area contributed by atoms with Gasteiger partial charge in [-0.2, -0.15) is 0 Å². The van der Waals surface area contributed by atoms with Crippen LogP contribution in [0.4, 0.5) is 0 Å². The van der Waals surface area contributed by atoms with Crippen LogP contribution in [0.2, 0.25) is 0 Å². The molecular weight excluding hydrogens is 260 g/mol. The first-order valence-electron chi connectivity index (χ1n) is 7.73. The highest BCUT2D eigenvalue weighted by molar-refractivity contribution is 5.87. The van der Waals surface area contributed by atoms with Gasteiger partial charge in [0.15, 0.2) is 0 Å². The molecule has 1 atom stereocenters. The molecule has 0 spiro atoms. The van der Waals surface area contributed by atoms with Crippen molar-refractivity contribution in [3.8, 4) is 0 Å². The first kappa shape index (κ1) is 14.1. The molecule has 1 fully saturated rings. The monoisotopic (exact) mass is 282 g/mol. The topological polar surface area (TPSA) is 32.3 Å². The average molecular weight is 282 g/mol. The molecule has 0 bridgehead atoms. The van der Waals surface area contributed by atoms with Gasteiger partial charge in [-0.05, 0) is 49.2 Å². The maximum absolute atomic E-state index is 12.2. The molecule has 0 aliphatic carbocycles. The molecule has 1 N–H and O–H groups in total. The number of amides is 1. The van der Waals surface area contributed by atoms with E-state index >= 15 is 0 Å². The van der Waals surface area contributed by atoms with E-state index in [-0.39, 0.29) is 11.9 Å². The summed E-state index contributed by atoms with van der Waals surface area (Å²) in [6.07, 6.45) is 2.43. The molecule has 21 heavy (non-hydrogen) atoms. The van der Waals surface area contributed by atoms with Crippen molar-refractivity contribution >= 4 is 16.7 Å². The van der Waals surface area contributed by atoms with Crippen LogP contribution in [0.1, 0.15) is 31.4 Å². The molecule has 3 nitrogen and oxygen atoms in total. The number of nitrogens with zero attached hydrogens (tertiary/aromatic N) is 1. The van der Waals surface area contributed by atoms with E-state index in [2.05, 4.69) is 47.5 Å². The average Bonchev–Trinajstić information content (AvgIpc) is 2.99. The van der Waals surface area contributed by atoms with Gasteiger partial charge < -0.3 is 5.32 Å². The number of carbonyl (C=O) groups is 1. The normalized spacial score (nSPS) is 17.0. The molecule has 1 saturated heterocycles. The number of likely N-dealkylation sites (tertiary alicyclic amines) is 1. The molecule has 1 aliphatic heterocycles. The molecule has 110 valence electrons. The number of nitrogens with one attached hydrogen (secondary N) is 1. The van der Waals surface area contributed by atoms with Crippen LogP contribution in [0.5, 0.6) is 0 Å². The molecule has 3 heteroatoms. The van der Waals surface area contributed by atoms with Crippen LogP contribution in [0.3, 0.4) is 0 Å². The minimum absolute atomic E-state index is 0.0335. The van der Waals surface area contributed by atoms with E-state index in [1.165, 1.54) is 29.2 Å². The van der Waals surface area contributed by atoms with Gasteiger partial charge in [-0.25, -0.2) is 0 Å². The Morgan fingerprint density at radius 3 is 2.67 bits per heavy atom. The zero-order valence-corrected chi connectivity index (χ0v) is 12.5. The van der Waals surface area contributed by atoms with E-state index in [0.717, 1.165) is 13.1 Å². The maximum atomic E-state index is 12.2. The summed E-state index contributed by atoms with van der Waals surface area (Å²) >= 11 is 0. The van der Waals surface area contributed by atoms with Crippen LogP contribution in [0, 0.1) is 0 Å². The van der Waals surface area contributed by atoms with Gasteiger partial charge in [-0.15, -0.1) is 0 Å². The van der Waals surface area contributed by atoms with E-state index in [1.807, 2.05) is 12.1 Å². The SMILES string of the molecule is C[C@H](NC(=O)CN1CCCC1)c1cccc2ccccc12. The number of rotatable bonds is 4. The van der Waals surface area contributed by atoms with Gasteiger partial charge in [0.25, 0.3) is 0 Å². The number of carbonyl (C=O) groups excluding carboxylic acids is 1. The fourth-order valence-electron chi connectivity index (χ4n) is 3.14. The number of hydrogen-bond acceptors (Lipinski definition) is 2. The highest BCUT2D eigenvalue weighted by Gasteiger charge is 2.17. The summed E-state index contributed by atoms with van der Waals surface area (Å²) < 4.78 is 0. The standard InChI is InChI=1S/C18H22N2O/c1-14(19-18(21)13-20-11-4-5-12-20)16-10-6-8-15-7-2-3-9-17(15)16/h2-3,6-10,14H,4-5,11-13H2,1H3,(H,19,21)/t14-/m0/s1. The van der Waals surface area contributed by atoms with Crippen LogP contribution >= 0.6 is 0 Å². The second-order valence-electron chi connectivity index (χ2n) is 5.84. The van der Waals surface area contributed by atoms with E-state index in [1.54, 1.807) is 0 Å². The highest BCUT2D eigenvalue weighted by Crippen LogP contribution is 2.24. The van der Waals surface area contributed by atoms with Crippen molar-refractivity contribution in [2.45, 2.75) is 25.8 Å². The molecule has 1 aliphatic rings. The molecule has 1 heterocycles. The number of benzene rings is 2. The van der Waals surface area contributed by atoms with Crippen molar-refractivity contribution in [2.24, 2.45) is 0 Å². The van der Waals surface area contributed by atoms with E-state index in [9.17, 15) is 4.79 Å². The van der Waals surface area contributed by atoms with Crippen LogP contribution < -0.4 is 5.32 Å². The van der Waals surface area contributed by atoms with Crippen molar-refractivity contribution in [2.75, 3.05) is 19.6 Å². The van der Waals surface area contributed by atoms with Crippen LogP contribution in [0.25, 0.3) is 10.8 Å². The lowest BCUT2D eigenvalue weighted by atomic mass is 10.00. The Kier molecular flexibility index (Phi) is 4.20. The van der Waals surface area contributed by atoms with Crippen molar-refractivity contribution in [3.05, 3.63) is 48.0 Å². The largest absolute Gasteiger partial charge is 0.348 e. The molecule has 2 aromatic carbocycles. The van der Waals surface area contributed by atoms with E-state index in [4.69, 9.17) is 0 Å². The van der Waals surface area contributed by atoms with Gasteiger partial charge >= 0.3 is 0 Å². The van der Waals surface area contributed by atoms with Crippen LogP contribution in [-0.2, 0) is 4.79 Å². The second kappa shape index (κ2) is 6.27. The summed E-state index contributed by atoms with van der Waals surface area (Å²) in [5.41, 5.74) is 1.18. The Morgan fingerprint density at radius 1 is 1.14 bits per heavy atom. The number of fused-ring (bicyclic) bond motifs is 1. The third kappa shape index (κ3) is 3.24. The zero-order valence-electron chi connectivity index (χ0n) is 12.5. The lowest BCUT2D eigenvalue weighted by molar-refractivity contribution is -0.122. The van der Waals surface area contributed by atoms with Crippen molar-refractivity contribution < 1.29 is 4.79 Å². The lowest BCUT2D eigenvalue weighted by Crippen LogP contribution is -2.36. The first-order valence-corrected chi connectivity index (χ1v) is 7.73. The Hall–Kier alpha value is -1.87. The molecule has 0 saturated carbocycles. The minimum atomic E-state index is 0.0335. The van der Waals surface area contributed by atoms with Gasteiger partial charge in [0.05, 0.1) is 12.6 Å². The van der Waals surface area contributed by atoms with E-state index < -0.39 is 0 Å². The number of hydrogen-bond donors (Lipinski definition) is 1. The van der Waals surface area contributed by atoms with Crippen LogP contribution in [-0.4, -0.2) is 30.4 Å². The molecule has 0 unspecified atom stereocenters. The maximum Gasteiger partial charge on any atom is 0.234 e. The van der Waals surface area contributed by atoms with Crippen molar-refractivity contribution in [1.29, 1.82) is 0 Å². The first-order chi connectivity index (χ1) is 10.2. The smallest absolute Gasteiger partial charge is 0.234 e. The summed E-state index contributed by atoms with van der Waals surface area (Å²) in [6.45, 7) is 4.69. The lowest BCUT2D eigenvalue weighted by Gasteiger charge is -2.19.